The highest BCUT2D eigenvalue weighted by Crippen LogP contribution is 2.37. The van der Waals surface area contributed by atoms with Crippen LogP contribution >= 0.6 is 0 Å². The van der Waals surface area contributed by atoms with E-state index in [-0.39, 0.29) is 18.4 Å². The van der Waals surface area contributed by atoms with Crippen LogP contribution in [0.4, 0.5) is 18.9 Å². The van der Waals surface area contributed by atoms with Crippen LogP contribution in [0, 0.1) is 11.8 Å². The van der Waals surface area contributed by atoms with E-state index in [0.717, 1.165) is 17.0 Å². The first-order valence-electron chi connectivity index (χ1n) is 9.28. The number of halogens is 3. The smallest absolute Gasteiger partial charge is 0.311 e. The van der Waals surface area contributed by atoms with E-state index < -0.39 is 29.5 Å². The summed E-state index contributed by atoms with van der Waals surface area (Å²) in [7, 11) is 0. The van der Waals surface area contributed by atoms with Gasteiger partial charge in [-0.3, -0.25) is 19.3 Å². The lowest BCUT2D eigenvalue weighted by molar-refractivity contribution is -0.143. The number of allylic oxidation sites excluding steroid dienone is 2. The van der Waals surface area contributed by atoms with Gasteiger partial charge < -0.3 is 4.90 Å². The normalized spacial score (nSPS) is 24.4. The fourth-order valence-electron chi connectivity index (χ4n) is 4.28. The molecule has 3 amide bonds. The standard InChI is InChI=1S/C20H19F3N2O3/c21-20(22,23)13-7-8-16-12(10-13)4-3-9-24(16)17(26)11-25-18(27)14-5-1-2-6-15(14)19(25)28/h1-2,7-8,10,14-15H,3-6,9,11H2. The van der Waals surface area contributed by atoms with E-state index in [1.54, 1.807) is 0 Å². The third kappa shape index (κ3) is 3.10. The Balaban J connectivity index is 1.54. The number of hydrogen-bond donors (Lipinski definition) is 0. The number of carbonyl (C=O) groups excluding carboxylic acids is 3. The summed E-state index contributed by atoms with van der Waals surface area (Å²) < 4.78 is 38.8. The number of carbonyl (C=O) groups is 3. The van der Waals surface area contributed by atoms with Crippen LogP contribution in [0.1, 0.15) is 30.4 Å². The molecule has 148 valence electrons. The molecule has 0 saturated carbocycles. The lowest BCUT2D eigenvalue weighted by atomic mass is 9.85. The first kappa shape index (κ1) is 18.7. The summed E-state index contributed by atoms with van der Waals surface area (Å²) in [6.07, 6.45) is 1.25. The van der Waals surface area contributed by atoms with Gasteiger partial charge in [0.05, 0.1) is 17.4 Å². The summed E-state index contributed by atoms with van der Waals surface area (Å²) in [5, 5.41) is 0. The first-order chi connectivity index (χ1) is 13.3. The maximum atomic E-state index is 12.9. The monoisotopic (exact) mass is 392 g/mol. The summed E-state index contributed by atoms with van der Waals surface area (Å²) in [5.41, 5.74) is 0.121. The maximum Gasteiger partial charge on any atom is 0.416 e. The Hall–Kier alpha value is -2.64. The largest absolute Gasteiger partial charge is 0.416 e. The number of aryl methyl sites for hydroxylation is 1. The van der Waals surface area contributed by atoms with Crippen molar-refractivity contribution in [1.29, 1.82) is 0 Å². The quantitative estimate of drug-likeness (QED) is 0.575. The predicted molar refractivity (Wildman–Crippen MR) is 94.2 cm³/mol. The molecule has 1 fully saturated rings. The molecule has 1 aromatic rings. The van der Waals surface area contributed by atoms with Crippen LogP contribution in [-0.4, -0.2) is 35.7 Å². The van der Waals surface area contributed by atoms with E-state index in [0.29, 0.717) is 43.5 Å². The van der Waals surface area contributed by atoms with Crippen LogP contribution in [0.25, 0.3) is 0 Å². The summed E-state index contributed by atoms with van der Waals surface area (Å²) in [6.45, 7) is -0.0209. The third-order valence-electron chi connectivity index (χ3n) is 5.72. The number of rotatable bonds is 2. The van der Waals surface area contributed by atoms with Crippen LogP contribution in [0.5, 0.6) is 0 Å². The molecule has 1 aliphatic carbocycles. The lowest BCUT2D eigenvalue weighted by Gasteiger charge is -2.31. The van der Waals surface area contributed by atoms with Gasteiger partial charge in [0.25, 0.3) is 0 Å². The zero-order valence-corrected chi connectivity index (χ0v) is 15.0. The molecule has 28 heavy (non-hydrogen) atoms. The number of amides is 3. The summed E-state index contributed by atoms with van der Waals surface area (Å²) >= 11 is 0. The number of anilines is 1. The molecular weight excluding hydrogens is 373 g/mol. The van der Waals surface area contributed by atoms with Gasteiger partial charge in [0.2, 0.25) is 17.7 Å². The van der Waals surface area contributed by atoms with Gasteiger partial charge in [0, 0.05) is 12.2 Å². The number of likely N-dealkylation sites (tertiary alicyclic amines) is 1. The number of imide groups is 1. The molecule has 1 saturated heterocycles. The molecule has 2 unspecified atom stereocenters. The topological polar surface area (TPSA) is 57.7 Å². The molecule has 0 bridgehead atoms. The minimum Gasteiger partial charge on any atom is -0.311 e. The number of fused-ring (bicyclic) bond motifs is 2. The molecule has 4 rings (SSSR count). The van der Waals surface area contributed by atoms with Gasteiger partial charge in [0.15, 0.2) is 0 Å². The highest BCUT2D eigenvalue weighted by molar-refractivity contribution is 6.09. The predicted octanol–water partition coefficient (Wildman–Crippen LogP) is 2.94. The molecule has 8 heteroatoms. The van der Waals surface area contributed by atoms with Crippen molar-refractivity contribution in [2.75, 3.05) is 18.0 Å². The van der Waals surface area contributed by atoms with Crippen LogP contribution in [0.2, 0.25) is 0 Å². The van der Waals surface area contributed by atoms with Gasteiger partial charge in [-0.25, -0.2) is 0 Å². The fourth-order valence-corrected chi connectivity index (χ4v) is 4.28. The molecular formula is C20H19F3N2O3. The average molecular weight is 392 g/mol. The molecule has 1 aromatic carbocycles. The Kier molecular flexibility index (Phi) is 4.51. The van der Waals surface area contributed by atoms with Crippen LogP contribution in [-0.2, 0) is 27.0 Å². The molecule has 0 spiro atoms. The van der Waals surface area contributed by atoms with E-state index >= 15 is 0 Å². The number of benzene rings is 1. The van der Waals surface area contributed by atoms with E-state index in [4.69, 9.17) is 0 Å². The van der Waals surface area contributed by atoms with Crippen LogP contribution < -0.4 is 4.90 Å². The Morgan fingerprint density at radius 3 is 2.32 bits per heavy atom. The van der Waals surface area contributed by atoms with Gasteiger partial charge in [0.1, 0.15) is 6.54 Å². The third-order valence-corrected chi connectivity index (χ3v) is 5.72. The Labute approximate surface area is 159 Å². The molecule has 2 aliphatic heterocycles. The van der Waals surface area contributed by atoms with E-state index in [2.05, 4.69) is 0 Å². The van der Waals surface area contributed by atoms with Gasteiger partial charge in [-0.15, -0.1) is 0 Å². The molecule has 0 radical (unpaired) electrons. The molecule has 0 N–H and O–H groups in total. The van der Waals surface area contributed by atoms with Crippen molar-refractivity contribution in [2.24, 2.45) is 11.8 Å². The minimum atomic E-state index is -4.44. The molecule has 2 heterocycles. The second-order valence-electron chi connectivity index (χ2n) is 7.41. The van der Waals surface area contributed by atoms with E-state index in [1.807, 2.05) is 12.2 Å². The van der Waals surface area contributed by atoms with Crippen molar-refractivity contribution in [1.82, 2.24) is 4.90 Å². The maximum absolute atomic E-state index is 12.9. The van der Waals surface area contributed by atoms with Crippen LogP contribution in [0.3, 0.4) is 0 Å². The lowest BCUT2D eigenvalue weighted by Crippen LogP contribution is -2.45. The zero-order chi connectivity index (χ0) is 20.1. The molecule has 2 atom stereocenters. The van der Waals surface area contributed by atoms with Crippen LogP contribution in [0.15, 0.2) is 30.4 Å². The van der Waals surface area contributed by atoms with Gasteiger partial charge in [-0.1, -0.05) is 12.2 Å². The summed E-state index contributed by atoms with van der Waals surface area (Å²) in [6, 6.07) is 3.32. The highest BCUT2D eigenvalue weighted by atomic mass is 19.4. The second-order valence-corrected chi connectivity index (χ2v) is 7.41. The Morgan fingerprint density at radius 2 is 1.71 bits per heavy atom. The SMILES string of the molecule is O=C1C2CC=CCC2C(=O)N1CC(=O)N1CCCc2cc(C(F)(F)F)ccc21. The highest BCUT2D eigenvalue weighted by Gasteiger charge is 2.48. The summed E-state index contributed by atoms with van der Waals surface area (Å²) in [5.74, 6) is -1.94. The van der Waals surface area contributed by atoms with Gasteiger partial charge in [-0.05, 0) is 49.4 Å². The van der Waals surface area contributed by atoms with Crippen molar-refractivity contribution in [2.45, 2.75) is 31.9 Å². The first-order valence-corrected chi connectivity index (χ1v) is 9.28. The van der Waals surface area contributed by atoms with E-state index in [9.17, 15) is 27.6 Å². The minimum absolute atomic E-state index is 0.336. The second kappa shape index (κ2) is 6.76. The molecule has 0 aromatic heterocycles. The number of nitrogens with zero attached hydrogens (tertiary/aromatic N) is 2. The molecule has 3 aliphatic rings. The van der Waals surface area contributed by atoms with E-state index in [1.165, 1.54) is 11.0 Å². The fraction of sp³-hybridized carbons (Fsp3) is 0.450. The van der Waals surface area contributed by atoms with Gasteiger partial charge in [-0.2, -0.15) is 13.2 Å². The zero-order valence-electron chi connectivity index (χ0n) is 15.0. The van der Waals surface area contributed by atoms with Crippen molar-refractivity contribution in [3.05, 3.63) is 41.5 Å². The number of hydrogen-bond acceptors (Lipinski definition) is 3. The average Bonchev–Trinajstić information content (AvgIpc) is 2.91. The van der Waals surface area contributed by atoms with Crippen molar-refractivity contribution >= 4 is 23.4 Å². The van der Waals surface area contributed by atoms with Crippen molar-refractivity contribution in [3.8, 4) is 0 Å². The molecule has 5 nitrogen and oxygen atoms in total. The Morgan fingerprint density at radius 1 is 1.07 bits per heavy atom. The Bertz CT molecular complexity index is 852. The van der Waals surface area contributed by atoms with Gasteiger partial charge >= 0.3 is 6.18 Å². The summed E-state index contributed by atoms with van der Waals surface area (Å²) in [4.78, 5) is 40.3. The van der Waals surface area contributed by atoms with Crippen molar-refractivity contribution in [3.63, 3.8) is 0 Å². The number of alkyl halides is 3. The van der Waals surface area contributed by atoms with Crippen molar-refractivity contribution < 1.29 is 27.6 Å².